The Morgan fingerprint density at radius 3 is 2.75 bits per heavy atom. The van der Waals surface area contributed by atoms with Gasteiger partial charge in [0.15, 0.2) is 0 Å². The zero-order valence-electron chi connectivity index (χ0n) is 7.55. The third kappa shape index (κ3) is 2.81. The molecule has 0 saturated heterocycles. The van der Waals surface area contributed by atoms with Crippen molar-refractivity contribution in [1.29, 1.82) is 0 Å². The van der Waals surface area contributed by atoms with E-state index in [1.54, 1.807) is 0 Å². The second-order valence-corrected chi connectivity index (χ2v) is 3.67. The van der Waals surface area contributed by atoms with E-state index in [9.17, 15) is 4.79 Å². The number of hydrogen-bond donors (Lipinski definition) is 2. The molecule has 0 radical (unpaired) electrons. The molecule has 0 aliphatic heterocycles. The molecule has 1 aliphatic rings. The zero-order chi connectivity index (χ0) is 8.97. The van der Waals surface area contributed by atoms with E-state index in [0.717, 1.165) is 18.8 Å². The molecule has 0 aromatic heterocycles. The van der Waals surface area contributed by atoms with Crippen LogP contribution in [0.5, 0.6) is 0 Å². The van der Waals surface area contributed by atoms with Gasteiger partial charge in [-0.05, 0) is 25.2 Å². The predicted octanol–water partition coefficient (Wildman–Crippen LogP) is 0.674. The van der Waals surface area contributed by atoms with Gasteiger partial charge in [0, 0.05) is 19.1 Å². The summed E-state index contributed by atoms with van der Waals surface area (Å²) in [5, 5.41) is 11.4. The Morgan fingerprint density at radius 1 is 1.58 bits per heavy atom. The highest BCUT2D eigenvalue weighted by atomic mass is 16.3. The van der Waals surface area contributed by atoms with Gasteiger partial charge in [-0.2, -0.15) is 0 Å². The smallest absolute Gasteiger partial charge is 0.220 e. The first-order valence-electron chi connectivity index (χ1n) is 4.62. The van der Waals surface area contributed by atoms with Gasteiger partial charge in [-0.15, -0.1) is 0 Å². The summed E-state index contributed by atoms with van der Waals surface area (Å²) in [6, 6.07) is 0.409. The second-order valence-electron chi connectivity index (χ2n) is 3.67. The van der Waals surface area contributed by atoms with E-state index in [2.05, 4.69) is 12.2 Å². The van der Waals surface area contributed by atoms with Crippen molar-refractivity contribution in [3.8, 4) is 0 Å². The van der Waals surface area contributed by atoms with Crippen molar-refractivity contribution in [2.75, 3.05) is 6.61 Å². The normalized spacial score (nSPS) is 27.8. The molecule has 1 saturated carbocycles. The molecule has 3 heteroatoms. The standard InChI is InChI=1S/C9H17NO2/c1-7-5-8(6-7)10-9(12)3-2-4-11/h7-8,11H,2-6H2,1H3,(H,10,12). The fourth-order valence-electron chi connectivity index (χ4n) is 1.56. The van der Waals surface area contributed by atoms with E-state index in [4.69, 9.17) is 5.11 Å². The summed E-state index contributed by atoms with van der Waals surface area (Å²) in [6.07, 6.45) is 3.27. The van der Waals surface area contributed by atoms with Gasteiger partial charge in [0.2, 0.25) is 5.91 Å². The Labute approximate surface area is 73.2 Å². The van der Waals surface area contributed by atoms with Crippen molar-refractivity contribution in [1.82, 2.24) is 5.32 Å². The molecule has 0 heterocycles. The first-order valence-corrected chi connectivity index (χ1v) is 4.62. The summed E-state index contributed by atoms with van der Waals surface area (Å²) < 4.78 is 0. The first-order chi connectivity index (χ1) is 5.72. The lowest BCUT2D eigenvalue weighted by Gasteiger charge is -2.33. The Bertz CT molecular complexity index is 153. The largest absolute Gasteiger partial charge is 0.396 e. The number of nitrogens with one attached hydrogen (secondary N) is 1. The average Bonchev–Trinajstić information content (AvgIpc) is 1.98. The van der Waals surface area contributed by atoms with Crippen LogP contribution >= 0.6 is 0 Å². The second kappa shape index (κ2) is 4.45. The maximum atomic E-state index is 11.1. The van der Waals surface area contributed by atoms with Crippen LogP contribution in [0, 0.1) is 5.92 Å². The highest BCUT2D eigenvalue weighted by Crippen LogP contribution is 2.26. The van der Waals surface area contributed by atoms with Crippen molar-refractivity contribution in [3.05, 3.63) is 0 Å². The molecule has 12 heavy (non-hydrogen) atoms. The Morgan fingerprint density at radius 2 is 2.25 bits per heavy atom. The molecule has 70 valence electrons. The quantitative estimate of drug-likeness (QED) is 0.653. The molecule has 0 spiro atoms. The molecular formula is C9H17NO2. The van der Waals surface area contributed by atoms with Crippen LogP contribution in [-0.2, 0) is 4.79 Å². The van der Waals surface area contributed by atoms with Crippen LogP contribution < -0.4 is 5.32 Å². The molecule has 0 atom stereocenters. The minimum absolute atomic E-state index is 0.0842. The maximum Gasteiger partial charge on any atom is 0.220 e. The van der Waals surface area contributed by atoms with Crippen LogP contribution in [0.2, 0.25) is 0 Å². The molecule has 1 rings (SSSR count). The van der Waals surface area contributed by atoms with Crippen LogP contribution in [0.3, 0.4) is 0 Å². The van der Waals surface area contributed by atoms with Crippen LogP contribution in [-0.4, -0.2) is 23.7 Å². The molecule has 0 unspecified atom stereocenters. The van der Waals surface area contributed by atoms with Gasteiger partial charge in [-0.25, -0.2) is 0 Å². The van der Waals surface area contributed by atoms with E-state index in [1.807, 2.05) is 0 Å². The SMILES string of the molecule is CC1CC(NC(=O)CCCO)C1. The maximum absolute atomic E-state index is 11.1. The van der Waals surface area contributed by atoms with E-state index >= 15 is 0 Å². The number of hydrogen-bond acceptors (Lipinski definition) is 2. The number of rotatable bonds is 4. The van der Waals surface area contributed by atoms with Gasteiger partial charge in [-0.3, -0.25) is 4.79 Å². The highest BCUT2D eigenvalue weighted by molar-refractivity contribution is 5.76. The van der Waals surface area contributed by atoms with Crippen molar-refractivity contribution in [2.24, 2.45) is 5.92 Å². The number of aliphatic hydroxyl groups is 1. The van der Waals surface area contributed by atoms with Gasteiger partial charge >= 0.3 is 0 Å². The lowest BCUT2D eigenvalue weighted by molar-refractivity contribution is -0.122. The lowest BCUT2D eigenvalue weighted by Crippen LogP contribution is -2.43. The average molecular weight is 171 g/mol. The Hall–Kier alpha value is -0.570. The van der Waals surface area contributed by atoms with E-state index in [1.165, 1.54) is 0 Å². The molecule has 1 amide bonds. The van der Waals surface area contributed by atoms with Gasteiger partial charge in [0.1, 0.15) is 0 Å². The summed E-state index contributed by atoms with van der Waals surface area (Å²) in [7, 11) is 0. The molecule has 2 N–H and O–H groups in total. The molecule has 1 fully saturated rings. The highest BCUT2D eigenvalue weighted by Gasteiger charge is 2.26. The van der Waals surface area contributed by atoms with Crippen molar-refractivity contribution < 1.29 is 9.90 Å². The van der Waals surface area contributed by atoms with Crippen molar-refractivity contribution in [2.45, 2.75) is 38.6 Å². The monoisotopic (exact) mass is 171 g/mol. The van der Waals surface area contributed by atoms with E-state index in [0.29, 0.717) is 18.9 Å². The zero-order valence-corrected chi connectivity index (χ0v) is 7.55. The molecular weight excluding hydrogens is 154 g/mol. The van der Waals surface area contributed by atoms with Crippen LogP contribution in [0.4, 0.5) is 0 Å². The van der Waals surface area contributed by atoms with Crippen molar-refractivity contribution in [3.63, 3.8) is 0 Å². The Balaban J connectivity index is 2.03. The fourth-order valence-corrected chi connectivity index (χ4v) is 1.56. The predicted molar refractivity (Wildman–Crippen MR) is 46.6 cm³/mol. The molecule has 0 aromatic carbocycles. The summed E-state index contributed by atoms with van der Waals surface area (Å²) >= 11 is 0. The van der Waals surface area contributed by atoms with Crippen molar-refractivity contribution >= 4 is 5.91 Å². The fraction of sp³-hybridized carbons (Fsp3) is 0.889. The molecule has 0 aromatic rings. The summed E-state index contributed by atoms with van der Waals surface area (Å²) in [4.78, 5) is 11.1. The van der Waals surface area contributed by atoms with Crippen LogP contribution in [0.15, 0.2) is 0 Å². The number of amides is 1. The summed E-state index contributed by atoms with van der Waals surface area (Å²) in [5.41, 5.74) is 0. The van der Waals surface area contributed by atoms with Crippen LogP contribution in [0.1, 0.15) is 32.6 Å². The van der Waals surface area contributed by atoms with E-state index < -0.39 is 0 Å². The molecule has 3 nitrogen and oxygen atoms in total. The van der Waals surface area contributed by atoms with Gasteiger partial charge in [0.05, 0.1) is 0 Å². The van der Waals surface area contributed by atoms with Gasteiger partial charge < -0.3 is 10.4 Å². The topological polar surface area (TPSA) is 49.3 Å². The van der Waals surface area contributed by atoms with Gasteiger partial charge in [0.25, 0.3) is 0 Å². The van der Waals surface area contributed by atoms with Gasteiger partial charge in [-0.1, -0.05) is 6.92 Å². The number of aliphatic hydroxyl groups excluding tert-OH is 1. The Kier molecular flexibility index (Phi) is 3.53. The minimum atomic E-state index is 0.0842. The first kappa shape index (κ1) is 9.52. The van der Waals surface area contributed by atoms with E-state index in [-0.39, 0.29) is 12.5 Å². The minimum Gasteiger partial charge on any atom is -0.396 e. The lowest BCUT2D eigenvalue weighted by atomic mass is 9.82. The summed E-state index contributed by atoms with van der Waals surface area (Å²) in [6.45, 7) is 2.30. The third-order valence-corrected chi connectivity index (χ3v) is 2.30. The number of carbonyl (C=O) groups is 1. The van der Waals surface area contributed by atoms with Crippen LogP contribution in [0.25, 0.3) is 0 Å². The number of carbonyl (C=O) groups excluding carboxylic acids is 1. The summed E-state index contributed by atoms with van der Waals surface area (Å²) in [5.74, 6) is 0.856. The molecule has 1 aliphatic carbocycles. The molecule has 0 bridgehead atoms. The third-order valence-electron chi connectivity index (χ3n) is 2.30.